The topological polar surface area (TPSA) is 94.9 Å². The van der Waals surface area contributed by atoms with Crippen molar-refractivity contribution in [2.75, 3.05) is 26.1 Å². The summed E-state index contributed by atoms with van der Waals surface area (Å²) in [7, 11) is 3.18. The van der Waals surface area contributed by atoms with E-state index in [-0.39, 0.29) is 0 Å². The van der Waals surface area contributed by atoms with Crippen molar-refractivity contribution in [1.29, 1.82) is 0 Å². The lowest BCUT2D eigenvalue weighted by Crippen LogP contribution is -2.23. The normalized spacial score (nSPS) is 11.4. The van der Waals surface area contributed by atoms with Crippen LogP contribution >= 0.6 is 0 Å². The van der Waals surface area contributed by atoms with E-state index < -0.39 is 0 Å². The monoisotopic (exact) mass is 318 g/mol. The molecule has 0 fully saturated rings. The highest BCUT2D eigenvalue weighted by atomic mass is 16.5. The number of nitrogens with one attached hydrogen (secondary N) is 1. The number of aliphatic imine (C=N–C) groups is 1. The molecule has 23 heavy (non-hydrogen) atoms. The number of hydrogen-bond donors (Lipinski definition) is 2. The molecule has 1 heterocycles. The summed E-state index contributed by atoms with van der Waals surface area (Å²) in [4.78, 5) is 4.32. The van der Waals surface area contributed by atoms with Gasteiger partial charge in [0.2, 0.25) is 0 Å². The molecule has 0 unspecified atom stereocenters. The highest BCUT2D eigenvalue weighted by Crippen LogP contribution is 2.29. The van der Waals surface area contributed by atoms with E-state index in [9.17, 15) is 0 Å². The molecule has 0 aliphatic heterocycles. The number of nitrogens with two attached hydrogens (primary N) is 1. The van der Waals surface area contributed by atoms with E-state index in [2.05, 4.69) is 15.5 Å². The Morgan fingerprint density at radius 2 is 2.00 bits per heavy atom. The Morgan fingerprint density at radius 3 is 2.61 bits per heavy atom. The number of guanidine groups is 1. The lowest BCUT2D eigenvalue weighted by Gasteiger charge is -2.10. The molecule has 1 aromatic heterocycles. The fourth-order valence-corrected chi connectivity index (χ4v) is 2.25. The summed E-state index contributed by atoms with van der Waals surface area (Å²) in [5.74, 6) is 2.45. The molecular formula is C16H22N4O3. The van der Waals surface area contributed by atoms with E-state index in [1.165, 1.54) is 0 Å². The maximum Gasteiger partial charge on any atom is 0.193 e. The van der Waals surface area contributed by atoms with Crippen molar-refractivity contribution < 1.29 is 14.0 Å². The van der Waals surface area contributed by atoms with Gasteiger partial charge >= 0.3 is 0 Å². The van der Waals surface area contributed by atoms with E-state index in [4.69, 9.17) is 19.7 Å². The summed E-state index contributed by atoms with van der Waals surface area (Å²) in [5, 5.41) is 6.95. The predicted molar refractivity (Wildman–Crippen MR) is 89.3 cm³/mol. The third kappa shape index (κ3) is 4.15. The first kappa shape index (κ1) is 16.7. The van der Waals surface area contributed by atoms with Crippen LogP contribution in [-0.2, 0) is 6.42 Å². The van der Waals surface area contributed by atoms with Crippen molar-refractivity contribution in [3.8, 4) is 11.5 Å². The number of aromatic nitrogens is 1. The zero-order chi connectivity index (χ0) is 16.8. The number of methoxy groups -OCH3 is 2. The van der Waals surface area contributed by atoms with Crippen LogP contribution in [0.25, 0.3) is 0 Å². The molecule has 3 N–H and O–H groups in total. The quantitative estimate of drug-likeness (QED) is 0.627. The molecule has 0 radical (unpaired) electrons. The van der Waals surface area contributed by atoms with Crippen LogP contribution in [0.15, 0.2) is 27.7 Å². The second kappa shape index (κ2) is 7.53. The molecule has 0 amide bonds. The number of anilines is 1. The van der Waals surface area contributed by atoms with Crippen LogP contribution in [-0.4, -0.2) is 31.9 Å². The van der Waals surface area contributed by atoms with Crippen LogP contribution in [0.5, 0.6) is 11.5 Å². The van der Waals surface area contributed by atoms with Crippen LogP contribution < -0.4 is 20.5 Å². The van der Waals surface area contributed by atoms with Gasteiger partial charge in [-0.2, -0.15) is 0 Å². The molecule has 0 atom stereocenters. The van der Waals surface area contributed by atoms with Crippen LogP contribution in [0.3, 0.4) is 0 Å². The summed E-state index contributed by atoms with van der Waals surface area (Å²) in [6, 6.07) is 5.45. The Balaban J connectivity index is 1.97. The number of nitrogens with zero attached hydrogens (tertiary/aromatic N) is 2. The second-order valence-electron chi connectivity index (χ2n) is 5.01. The second-order valence-corrected chi connectivity index (χ2v) is 5.01. The number of rotatable bonds is 6. The fraction of sp³-hybridized carbons (Fsp3) is 0.375. The average Bonchev–Trinajstić information content (AvgIpc) is 2.86. The predicted octanol–water partition coefficient (Wildman–Crippen LogP) is 2.28. The first-order chi connectivity index (χ1) is 11.0. The van der Waals surface area contributed by atoms with Crippen molar-refractivity contribution in [3.05, 3.63) is 35.2 Å². The molecule has 2 aromatic rings. The van der Waals surface area contributed by atoms with Gasteiger partial charge < -0.3 is 25.0 Å². The molecule has 0 aliphatic rings. The van der Waals surface area contributed by atoms with Gasteiger partial charge in [0.15, 0.2) is 17.5 Å². The van der Waals surface area contributed by atoms with Gasteiger partial charge in [0.05, 0.1) is 19.9 Å². The van der Waals surface area contributed by atoms with E-state index in [1.807, 2.05) is 19.9 Å². The standard InChI is InChI=1S/C16H22N4O3/c1-10-13(11(2)23-20-10)7-8-18-16(17)19-12-5-6-14(21-3)15(9-12)22-4/h5-6,9H,7-8H2,1-4H3,(H3,17,18,19). The molecule has 0 saturated heterocycles. The number of aryl methyl sites for hydroxylation is 2. The molecule has 1 aromatic carbocycles. The van der Waals surface area contributed by atoms with E-state index in [0.29, 0.717) is 24.0 Å². The van der Waals surface area contributed by atoms with Crippen LogP contribution in [0.1, 0.15) is 17.0 Å². The van der Waals surface area contributed by atoms with E-state index >= 15 is 0 Å². The van der Waals surface area contributed by atoms with Gasteiger partial charge in [-0.25, -0.2) is 0 Å². The minimum absolute atomic E-state index is 0.337. The summed E-state index contributed by atoms with van der Waals surface area (Å²) in [6.45, 7) is 4.36. The minimum Gasteiger partial charge on any atom is -0.493 e. The third-order valence-corrected chi connectivity index (χ3v) is 3.48. The average molecular weight is 318 g/mol. The summed E-state index contributed by atoms with van der Waals surface area (Å²) >= 11 is 0. The van der Waals surface area contributed by atoms with Gasteiger partial charge in [0.25, 0.3) is 0 Å². The smallest absolute Gasteiger partial charge is 0.193 e. The summed E-state index contributed by atoms with van der Waals surface area (Å²) in [6.07, 6.45) is 0.732. The van der Waals surface area contributed by atoms with Crippen molar-refractivity contribution >= 4 is 11.6 Å². The van der Waals surface area contributed by atoms with Gasteiger partial charge in [-0.05, 0) is 32.4 Å². The molecular weight excluding hydrogens is 296 g/mol. The number of benzene rings is 1. The molecule has 7 heteroatoms. The molecule has 0 aliphatic carbocycles. The Labute approximate surface area is 135 Å². The summed E-state index contributed by atoms with van der Waals surface area (Å²) < 4.78 is 15.6. The van der Waals surface area contributed by atoms with Crippen LogP contribution in [0.4, 0.5) is 5.69 Å². The van der Waals surface area contributed by atoms with E-state index in [1.54, 1.807) is 26.4 Å². The largest absolute Gasteiger partial charge is 0.493 e. The molecule has 2 rings (SSSR count). The lowest BCUT2D eigenvalue weighted by atomic mass is 10.1. The number of ether oxygens (including phenoxy) is 2. The van der Waals surface area contributed by atoms with Crippen molar-refractivity contribution in [3.63, 3.8) is 0 Å². The maximum atomic E-state index is 5.91. The van der Waals surface area contributed by atoms with Gasteiger partial charge in [0.1, 0.15) is 5.76 Å². The Bertz CT molecular complexity index is 675. The Hall–Kier alpha value is -2.70. The minimum atomic E-state index is 0.337. The molecule has 7 nitrogen and oxygen atoms in total. The first-order valence-corrected chi connectivity index (χ1v) is 7.26. The van der Waals surface area contributed by atoms with Crippen LogP contribution in [0, 0.1) is 13.8 Å². The molecule has 0 bridgehead atoms. The SMILES string of the molecule is COc1ccc(NC(N)=NCCc2c(C)noc2C)cc1OC. The van der Waals surface area contributed by atoms with Gasteiger partial charge in [-0.1, -0.05) is 5.16 Å². The summed E-state index contributed by atoms with van der Waals surface area (Å²) in [5.41, 5.74) is 8.66. The molecule has 0 saturated carbocycles. The van der Waals surface area contributed by atoms with Crippen molar-refractivity contribution in [2.24, 2.45) is 10.7 Å². The highest BCUT2D eigenvalue weighted by Gasteiger charge is 2.08. The van der Waals surface area contributed by atoms with Gasteiger partial charge in [0, 0.05) is 23.9 Å². The van der Waals surface area contributed by atoms with Gasteiger partial charge in [-0.15, -0.1) is 0 Å². The highest BCUT2D eigenvalue weighted by molar-refractivity contribution is 5.92. The zero-order valence-corrected chi connectivity index (χ0v) is 13.8. The molecule has 124 valence electrons. The van der Waals surface area contributed by atoms with E-state index in [0.717, 1.165) is 29.1 Å². The Kier molecular flexibility index (Phi) is 5.46. The van der Waals surface area contributed by atoms with Crippen molar-refractivity contribution in [1.82, 2.24) is 5.16 Å². The zero-order valence-electron chi connectivity index (χ0n) is 13.8. The first-order valence-electron chi connectivity index (χ1n) is 7.26. The molecule has 0 spiro atoms. The Morgan fingerprint density at radius 1 is 1.26 bits per heavy atom. The maximum absolute atomic E-state index is 5.91. The van der Waals surface area contributed by atoms with Gasteiger partial charge in [-0.3, -0.25) is 4.99 Å². The van der Waals surface area contributed by atoms with Crippen molar-refractivity contribution in [2.45, 2.75) is 20.3 Å². The van der Waals surface area contributed by atoms with Crippen LogP contribution in [0.2, 0.25) is 0 Å². The third-order valence-electron chi connectivity index (χ3n) is 3.48. The lowest BCUT2D eigenvalue weighted by molar-refractivity contribution is 0.355. The number of hydrogen-bond acceptors (Lipinski definition) is 5. The fourth-order valence-electron chi connectivity index (χ4n) is 2.25.